The molecule has 0 spiro atoms. The van der Waals surface area contributed by atoms with E-state index >= 15 is 0 Å². The molecule has 1 N–H and O–H groups in total. The number of hydrogen-bond donors (Lipinski definition) is 1. The Bertz CT molecular complexity index is 421. The highest BCUT2D eigenvalue weighted by Crippen LogP contribution is 2.18. The molecule has 0 saturated heterocycles. The maximum atomic E-state index is 12.3. The molecular weight excluding hydrogens is 249 g/mol. The third kappa shape index (κ3) is 4.70. The number of carboxylic acid groups (broad SMARTS) is 1. The van der Waals surface area contributed by atoms with Gasteiger partial charge in [-0.15, -0.1) is 0 Å². The van der Waals surface area contributed by atoms with Crippen molar-refractivity contribution in [3.8, 4) is 0 Å². The van der Waals surface area contributed by atoms with Gasteiger partial charge in [0.1, 0.15) is 5.69 Å². The van der Waals surface area contributed by atoms with Crippen LogP contribution in [0.25, 0.3) is 0 Å². The number of carbonyl (C=O) groups is 1. The third-order valence-electron chi connectivity index (χ3n) is 2.30. The Kier molecular flexibility index (Phi) is 4.66. The van der Waals surface area contributed by atoms with Gasteiger partial charge in [0, 0.05) is 12.7 Å². The molecule has 0 radical (unpaired) electrons. The van der Waals surface area contributed by atoms with E-state index in [1.807, 2.05) is 0 Å². The van der Waals surface area contributed by atoms with E-state index < -0.39 is 18.7 Å². The molecule has 1 rings (SSSR count). The summed E-state index contributed by atoms with van der Waals surface area (Å²) in [4.78, 5) is 15.5. The summed E-state index contributed by atoms with van der Waals surface area (Å²) in [6.07, 6.45) is -2.99. The molecule has 0 fully saturated rings. The van der Waals surface area contributed by atoms with Crippen LogP contribution >= 0.6 is 0 Å². The summed E-state index contributed by atoms with van der Waals surface area (Å²) in [5.74, 6) is -1.20. The minimum Gasteiger partial charge on any atom is -0.477 e. The van der Waals surface area contributed by atoms with Crippen molar-refractivity contribution in [3.05, 3.63) is 29.6 Å². The normalized spacial score (nSPS) is 11.8. The summed E-state index contributed by atoms with van der Waals surface area (Å²) in [5, 5.41) is 8.73. The maximum Gasteiger partial charge on any atom is 0.401 e. The number of carboxylic acids is 1. The van der Waals surface area contributed by atoms with E-state index in [1.165, 1.54) is 23.2 Å². The Morgan fingerprint density at radius 2 is 2.17 bits per heavy atom. The van der Waals surface area contributed by atoms with Crippen LogP contribution in [0.5, 0.6) is 0 Å². The van der Waals surface area contributed by atoms with Crippen LogP contribution in [0.4, 0.5) is 13.2 Å². The van der Waals surface area contributed by atoms with Gasteiger partial charge in [0.15, 0.2) is 0 Å². The summed E-state index contributed by atoms with van der Waals surface area (Å²) in [5.41, 5.74) is 0.323. The van der Waals surface area contributed by atoms with Crippen molar-refractivity contribution in [2.24, 2.45) is 0 Å². The minimum absolute atomic E-state index is 0.0405. The Morgan fingerprint density at radius 3 is 2.67 bits per heavy atom. The lowest BCUT2D eigenvalue weighted by Gasteiger charge is -2.21. The molecule has 0 atom stereocenters. The van der Waals surface area contributed by atoms with E-state index in [1.54, 1.807) is 6.92 Å². The van der Waals surface area contributed by atoms with Crippen LogP contribution < -0.4 is 0 Å². The number of aromatic carboxylic acids is 1. The van der Waals surface area contributed by atoms with Crippen LogP contribution in [0.2, 0.25) is 0 Å². The van der Waals surface area contributed by atoms with Crippen LogP contribution in [0, 0.1) is 0 Å². The molecule has 0 unspecified atom stereocenters. The molecule has 0 saturated carbocycles. The first kappa shape index (κ1) is 14.4. The molecular formula is C11H13F3N2O2. The molecule has 0 aromatic carbocycles. The van der Waals surface area contributed by atoms with E-state index in [4.69, 9.17) is 5.11 Å². The second kappa shape index (κ2) is 5.81. The Hall–Kier alpha value is -1.63. The molecule has 0 amide bonds. The summed E-state index contributed by atoms with van der Waals surface area (Å²) in [6.45, 7) is 0.863. The quantitative estimate of drug-likeness (QED) is 0.883. The molecule has 1 aromatic rings. The van der Waals surface area contributed by atoms with Crippen LogP contribution in [-0.2, 0) is 6.54 Å². The lowest BCUT2D eigenvalue weighted by atomic mass is 10.2. The van der Waals surface area contributed by atoms with E-state index in [0.29, 0.717) is 5.56 Å². The van der Waals surface area contributed by atoms with Crippen molar-refractivity contribution in [1.29, 1.82) is 0 Å². The van der Waals surface area contributed by atoms with E-state index in [9.17, 15) is 18.0 Å². The Balaban J connectivity index is 2.76. The van der Waals surface area contributed by atoms with Crippen molar-refractivity contribution in [1.82, 2.24) is 9.88 Å². The number of pyridine rings is 1. The van der Waals surface area contributed by atoms with Gasteiger partial charge in [-0.2, -0.15) is 13.2 Å². The second-order valence-corrected chi connectivity index (χ2v) is 3.77. The van der Waals surface area contributed by atoms with Crippen LogP contribution in [0.1, 0.15) is 23.0 Å². The second-order valence-electron chi connectivity index (χ2n) is 3.77. The van der Waals surface area contributed by atoms with Gasteiger partial charge in [-0.1, -0.05) is 6.92 Å². The number of alkyl halides is 3. The van der Waals surface area contributed by atoms with E-state index in [2.05, 4.69) is 4.98 Å². The topological polar surface area (TPSA) is 53.4 Å². The lowest BCUT2D eigenvalue weighted by Crippen LogP contribution is -2.33. The van der Waals surface area contributed by atoms with Crippen molar-refractivity contribution in [3.63, 3.8) is 0 Å². The summed E-state index contributed by atoms with van der Waals surface area (Å²) >= 11 is 0. The first-order chi connectivity index (χ1) is 8.31. The molecule has 0 aliphatic carbocycles. The molecule has 100 valence electrons. The fourth-order valence-electron chi connectivity index (χ4n) is 1.48. The smallest absolute Gasteiger partial charge is 0.401 e. The SMILES string of the molecule is CCN(Cc1ccnc(C(=O)O)c1)CC(F)(F)F. The summed E-state index contributed by atoms with van der Waals surface area (Å²) < 4.78 is 36.8. The lowest BCUT2D eigenvalue weighted by molar-refractivity contribution is -0.146. The fourth-order valence-corrected chi connectivity index (χ4v) is 1.48. The molecule has 7 heteroatoms. The van der Waals surface area contributed by atoms with Crippen molar-refractivity contribution >= 4 is 5.97 Å². The highest BCUT2D eigenvalue weighted by molar-refractivity contribution is 5.85. The predicted molar refractivity (Wildman–Crippen MR) is 58.2 cm³/mol. The molecule has 0 aliphatic rings. The monoisotopic (exact) mass is 262 g/mol. The van der Waals surface area contributed by atoms with Crippen LogP contribution in [-0.4, -0.2) is 40.2 Å². The van der Waals surface area contributed by atoms with E-state index in [0.717, 1.165) is 0 Å². The number of aromatic nitrogens is 1. The summed E-state index contributed by atoms with van der Waals surface area (Å²) in [6, 6.07) is 2.78. The zero-order chi connectivity index (χ0) is 13.8. The average molecular weight is 262 g/mol. The van der Waals surface area contributed by atoms with Crippen LogP contribution in [0.15, 0.2) is 18.3 Å². The first-order valence-electron chi connectivity index (χ1n) is 5.29. The highest BCUT2D eigenvalue weighted by Gasteiger charge is 2.30. The van der Waals surface area contributed by atoms with Gasteiger partial charge in [0.05, 0.1) is 6.54 Å². The largest absolute Gasteiger partial charge is 0.477 e. The van der Waals surface area contributed by atoms with Crippen molar-refractivity contribution < 1.29 is 23.1 Å². The maximum absolute atomic E-state index is 12.3. The van der Waals surface area contributed by atoms with Gasteiger partial charge >= 0.3 is 12.1 Å². The number of rotatable bonds is 5. The van der Waals surface area contributed by atoms with Crippen molar-refractivity contribution in [2.75, 3.05) is 13.1 Å². The van der Waals surface area contributed by atoms with Gasteiger partial charge < -0.3 is 5.11 Å². The molecule has 18 heavy (non-hydrogen) atoms. The van der Waals surface area contributed by atoms with Gasteiger partial charge in [0.25, 0.3) is 0 Å². The predicted octanol–water partition coefficient (Wildman–Crippen LogP) is 2.16. The minimum atomic E-state index is -4.27. The fraction of sp³-hybridized carbons (Fsp3) is 0.455. The first-order valence-corrected chi connectivity index (χ1v) is 5.29. The van der Waals surface area contributed by atoms with E-state index in [-0.39, 0.29) is 18.8 Å². The third-order valence-corrected chi connectivity index (χ3v) is 2.30. The van der Waals surface area contributed by atoms with Gasteiger partial charge in [-0.25, -0.2) is 9.78 Å². The Morgan fingerprint density at radius 1 is 1.50 bits per heavy atom. The number of hydrogen-bond acceptors (Lipinski definition) is 3. The zero-order valence-corrected chi connectivity index (χ0v) is 9.74. The van der Waals surface area contributed by atoms with Gasteiger partial charge in [-0.05, 0) is 24.2 Å². The molecule has 4 nitrogen and oxygen atoms in total. The Labute approximate surface area is 102 Å². The molecule has 0 bridgehead atoms. The summed E-state index contributed by atoms with van der Waals surface area (Å²) in [7, 11) is 0. The standard InChI is InChI=1S/C11H13F3N2O2/c1-2-16(7-11(12,13)14)6-8-3-4-15-9(5-8)10(17)18/h3-5H,2,6-7H2,1H3,(H,17,18). The molecule has 1 heterocycles. The highest BCUT2D eigenvalue weighted by atomic mass is 19.4. The van der Waals surface area contributed by atoms with Gasteiger partial charge in [-0.3, -0.25) is 4.90 Å². The molecule has 0 aliphatic heterocycles. The average Bonchev–Trinajstić information content (AvgIpc) is 2.26. The van der Waals surface area contributed by atoms with Crippen molar-refractivity contribution in [2.45, 2.75) is 19.6 Å². The van der Waals surface area contributed by atoms with Gasteiger partial charge in [0.2, 0.25) is 0 Å². The number of halogens is 3. The van der Waals surface area contributed by atoms with Crippen LogP contribution in [0.3, 0.4) is 0 Å². The molecule has 1 aromatic heterocycles. The number of nitrogens with zero attached hydrogens (tertiary/aromatic N) is 2. The zero-order valence-electron chi connectivity index (χ0n) is 9.74.